The van der Waals surface area contributed by atoms with E-state index in [2.05, 4.69) is 13.1 Å². The first-order valence-corrected chi connectivity index (χ1v) is 14.2. The number of hydrogen-bond acceptors (Lipinski definition) is 6. The molecule has 0 heterocycles. The number of nitrogens with zero attached hydrogens (tertiary/aromatic N) is 1. The van der Waals surface area contributed by atoms with Gasteiger partial charge in [-0.15, -0.1) is 0 Å². The van der Waals surface area contributed by atoms with Crippen molar-refractivity contribution >= 4 is 26.2 Å². The summed E-state index contributed by atoms with van der Waals surface area (Å²) < 4.78 is 15.9. The molecule has 1 fully saturated rings. The molecule has 7 nitrogen and oxygen atoms in total. The van der Waals surface area contributed by atoms with E-state index in [-0.39, 0.29) is 0 Å². The second-order valence-corrected chi connectivity index (χ2v) is 16.1. The monoisotopic (exact) mass is 443 g/mol. The van der Waals surface area contributed by atoms with E-state index >= 15 is 0 Å². The second kappa shape index (κ2) is 10.2. The standard InChI is InChI=1S/C22H41NO6Si/c1-21(2,3)28-19(25)23(20(26)29-22(4,5)6)17(18(24)27-7)15-30(8,9)16-13-11-10-12-14-16/h16-17H,10-15H2,1-9H3. The first-order valence-electron chi connectivity index (χ1n) is 10.9. The van der Waals surface area contributed by atoms with Crippen LogP contribution in [0, 0.1) is 0 Å². The zero-order valence-corrected chi connectivity index (χ0v) is 21.3. The molecule has 0 saturated heterocycles. The highest BCUT2D eigenvalue weighted by Gasteiger charge is 2.45. The molecule has 0 aliphatic heterocycles. The molecule has 1 rings (SSSR count). The van der Waals surface area contributed by atoms with Gasteiger partial charge in [0.15, 0.2) is 0 Å². The number of esters is 1. The van der Waals surface area contributed by atoms with Crippen molar-refractivity contribution in [2.24, 2.45) is 0 Å². The Morgan fingerprint density at radius 2 is 1.33 bits per heavy atom. The lowest BCUT2D eigenvalue weighted by Gasteiger charge is -2.39. The molecule has 1 aliphatic carbocycles. The van der Waals surface area contributed by atoms with Crippen LogP contribution >= 0.6 is 0 Å². The summed E-state index contributed by atoms with van der Waals surface area (Å²) in [5.74, 6) is -0.622. The normalized spacial score (nSPS) is 17.1. The number of carbonyl (C=O) groups is 3. The molecule has 0 bridgehead atoms. The van der Waals surface area contributed by atoms with Gasteiger partial charge in [-0.25, -0.2) is 14.4 Å². The Morgan fingerprint density at radius 3 is 1.70 bits per heavy atom. The number of imide groups is 1. The Hall–Kier alpha value is -1.57. The molecule has 1 saturated carbocycles. The van der Waals surface area contributed by atoms with Crippen molar-refractivity contribution in [2.75, 3.05) is 7.11 Å². The van der Waals surface area contributed by atoms with E-state index in [4.69, 9.17) is 14.2 Å². The van der Waals surface area contributed by atoms with Crippen molar-refractivity contribution in [3.05, 3.63) is 0 Å². The zero-order chi connectivity index (χ0) is 23.3. The predicted molar refractivity (Wildman–Crippen MR) is 119 cm³/mol. The maximum atomic E-state index is 13.0. The minimum atomic E-state index is -1.97. The average Bonchev–Trinajstić information content (AvgIpc) is 2.58. The van der Waals surface area contributed by atoms with Gasteiger partial charge in [0.25, 0.3) is 0 Å². The number of methoxy groups -OCH3 is 1. The van der Waals surface area contributed by atoms with E-state index in [1.807, 2.05) is 0 Å². The molecule has 0 aromatic carbocycles. The van der Waals surface area contributed by atoms with E-state index in [1.54, 1.807) is 41.5 Å². The Kier molecular flexibility index (Phi) is 8.96. The lowest BCUT2D eigenvalue weighted by Crippen LogP contribution is -2.55. The summed E-state index contributed by atoms with van der Waals surface area (Å²) in [6.45, 7) is 14.7. The van der Waals surface area contributed by atoms with Gasteiger partial charge in [0.2, 0.25) is 0 Å². The maximum absolute atomic E-state index is 13.0. The summed E-state index contributed by atoms with van der Waals surface area (Å²) in [4.78, 5) is 39.7. The fourth-order valence-corrected chi connectivity index (χ4v) is 7.57. The molecule has 0 aromatic rings. The minimum absolute atomic E-state index is 0.419. The van der Waals surface area contributed by atoms with E-state index in [9.17, 15) is 14.4 Å². The molecule has 0 aromatic heterocycles. The van der Waals surface area contributed by atoms with Crippen molar-refractivity contribution in [1.82, 2.24) is 4.90 Å². The summed E-state index contributed by atoms with van der Waals surface area (Å²) in [5.41, 5.74) is -1.11. The fourth-order valence-electron chi connectivity index (χ4n) is 3.92. The summed E-state index contributed by atoms with van der Waals surface area (Å²) in [6.07, 6.45) is 4.10. The average molecular weight is 444 g/mol. The molecule has 8 heteroatoms. The smallest absolute Gasteiger partial charge is 0.420 e. The molecule has 174 valence electrons. The van der Waals surface area contributed by atoms with Crippen molar-refractivity contribution in [2.45, 2.75) is 116 Å². The van der Waals surface area contributed by atoms with Crippen LogP contribution in [0.4, 0.5) is 9.59 Å². The van der Waals surface area contributed by atoms with E-state index in [0.717, 1.165) is 17.7 Å². The van der Waals surface area contributed by atoms with E-state index in [1.165, 1.54) is 26.4 Å². The second-order valence-electron chi connectivity index (χ2n) is 10.9. The highest BCUT2D eigenvalue weighted by atomic mass is 28.3. The molecule has 0 radical (unpaired) electrons. The molecule has 1 atom stereocenters. The van der Waals surface area contributed by atoms with Gasteiger partial charge in [-0.05, 0) is 53.1 Å². The lowest BCUT2D eigenvalue weighted by atomic mass is 10.0. The lowest BCUT2D eigenvalue weighted by molar-refractivity contribution is -0.146. The van der Waals surface area contributed by atoms with Gasteiger partial charge >= 0.3 is 18.2 Å². The Balaban J connectivity index is 3.29. The SMILES string of the molecule is COC(=O)C(C[Si](C)(C)C1CCCCC1)N(C(=O)OC(C)(C)C)C(=O)OC(C)(C)C. The summed E-state index contributed by atoms with van der Waals surface area (Å²) >= 11 is 0. The van der Waals surface area contributed by atoms with E-state index in [0.29, 0.717) is 11.6 Å². The van der Waals surface area contributed by atoms with Crippen molar-refractivity contribution < 1.29 is 28.6 Å². The van der Waals surface area contributed by atoms with Crippen LogP contribution in [-0.2, 0) is 19.0 Å². The number of hydrogen-bond donors (Lipinski definition) is 0. The van der Waals surface area contributed by atoms with Crippen LogP contribution in [0.5, 0.6) is 0 Å². The topological polar surface area (TPSA) is 82.1 Å². The highest BCUT2D eigenvalue weighted by molar-refractivity contribution is 6.79. The van der Waals surface area contributed by atoms with Crippen LogP contribution in [0.1, 0.15) is 73.6 Å². The predicted octanol–water partition coefficient (Wildman–Crippen LogP) is 5.74. The molecule has 0 spiro atoms. The molecule has 1 unspecified atom stereocenters. The Bertz CT molecular complexity index is 586. The van der Waals surface area contributed by atoms with Crippen LogP contribution in [0.25, 0.3) is 0 Å². The Labute approximate surface area is 182 Å². The number of rotatable bonds is 5. The quantitative estimate of drug-likeness (QED) is 0.306. The maximum Gasteiger partial charge on any atom is 0.420 e. The molecule has 1 aliphatic rings. The third-order valence-corrected chi connectivity index (χ3v) is 9.62. The molecular weight excluding hydrogens is 402 g/mol. The molecule has 30 heavy (non-hydrogen) atoms. The van der Waals surface area contributed by atoms with Crippen LogP contribution in [0.3, 0.4) is 0 Å². The van der Waals surface area contributed by atoms with Crippen molar-refractivity contribution in [3.8, 4) is 0 Å². The van der Waals surface area contributed by atoms with Crippen molar-refractivity contribution in [1.29, 1.82) is 0 Å². The zero-order valence-electron chi connectivity index (χ0n) is 20.3. The van der Waals surface area contributed by atoms with Gasteiger partial charge in [0.05, 0.1) is 15.2 Å². The summed E-state index contributed by atoms with van der Waals surface area (Å²) in [7, 11) is -0.704. The van der Waals surface area contributed by atoms with Gasteiger partial charge in [-0.1, -0.05) is 45.2 Å². The summed E-state index contributed by atoms with van der Waals surface area (Å²) in [5, 5.41) is 0. The van der Waals surface area contributed by atoms with Crippen LogP contribution in [0.2, 0.25) is 24.7 Å². The van der Waals surface area contributed by atoms with Crippen molar-refractivity contribution in [3.63, 3.8) is 0 Å². The first-order chi connectivity index (χ1) is 13.6. The Morgan fingerprint density at radius 1 is 0.900 bits per heavy atom. The van der Waals surface area contributed by atoms with Gasteiger partial charge in [-0.2, -0.15) is 4.90 Å². The van der Waals surface area contributed by atoms with Gasteiger partial charge < -0.3 is 14.2 Å². The molecule has 2 amide bonds. The van der Waals surface area contributed by atoms with Crippen LogP contribution < -0.4 is 0 Å². The third kappa shape index (κ3) is 8.28. The molecular formula is C22H41NO6Si. The number of ether oxygens (including phenoxy) is 3. The highest BCUT2D eigenvalue weighted by Crippen LogP contribution is 2.40. The van der Waals surface area contributed by atoms with Crippen LogP contribution in [-0.4, -0.2) is 55.5 Å². The van der Waals surface area contributed by atoms with Crippen LogP contribution in [0.15, 0.2) is 0 Å². The third-order valence-electron chi connectivity index (χ3n) is 5.40. The number of amides is 2. The summed E-state index contributed by atoms with van der Waals surface area (Å²) in [6, 6.07) is -0.647. The largest absolute Gasteiger partial charge is 0.467 e. The minimum Gasteiger partial charge on any atom is -0.467 e. The van der Waals surface area contributed by atoms with E-state index < -0.39 is 43.5 Å². The van der Waals surface area contributed by atoms with Gasteiger partial charge in [-0.3, -0.25) is 0 Å². The van der Waals surface area contributed by atoms with Gasteiger partial charge in [0.1, 0.15) is 17.2 Å². The first kappa shape index (κ1) is 26.5. The molecule has 0 N–H and O–H groups in total. The number of carbonyl (C=O) groups excluding carboxylic acids is 3. The van der Waals surface area contributed by atoms with Gasteiger partial charge in [0, 0.05) is 0 Å². The fraction of sp³-hybridized carbons (Fsp3) is 0.864.